The van der Waals surface area contributed by atoms with Crippen LogP contribution in [0.25, 0.3) is 0 Å². The largest absolute Gasteiger partial charge is 0.493 e. The Kier molecular flexibility index (Phi) is 6.71. The number of methoxy groups -OCH3 is 2. The van der Waals surface area contributed by atoms with Gasteiger partial charge >= 0.3 is 0 Å². The van der Waals surface area contributed by atoms with E-state index in [1.54, 1.807) is 38.5 Å². The minimum absolute atomic E-state index is 0.300. The van der Waals surface area contributed by atoms with E-state index >= 15 is 0 Å². The highest BCUT2D eigenvalue weighted by atomic mass is 35.5. The molecule has 1 aromatic heterocycles. The van der Waals surface area contributed by atoms with Gasteiger partial charge in [0.1, 0.15) is 5.02 Å². The molecule has 0 aliphatic heterocycles. The molecule has 1 amide bonds. The number of para-hydroxylation sites is 1. The molecule has 3 N–H and O–H groups in total. The molecule has 3 aromatic rings. The van der Waals surface area contributed by atoms with Gasteiger partial charge in [-0.3, -0.25) is 4.79 Å². The molecule has 0 spiro atoms. The summed E-state index contributed by atoms with van der Waals surface area (Å²) in [5.41, 5.74) is 1.93. The Labute approximate surface area is 178 Å². The molecule has 0 atom stereocenters. The van der Waals surface area contributed by atoms with E-state index in [0.29, 0.717) is 45.4 Å². The number of anilines is 5. The summed E-state index contributed by atoms with van der Waals surface area (Å²) in [6, 6.07) is 12.5. The Hall–Kier alpha value is -3.78. The highest BCUT2D eigenvalue weighted by Gasteiger charge is 2.12. The van der Waals surface area contributed by atoms with Crippen molar-refractivity contribution in [2.24, 2.45) is 0 Å². The second kappa shape index (κ2) is 9.62. The summed E-state index contributed by atoms with van der Waals surface area (Å²) in [6.07, 6.45) is 2.68. The van der Waals surface area contributed by atoms with Gasteiger partial charge < -0.3 is 25.4 Å². The predicted octanol–water partition coefficient (Wildman–Crippen LogP) is 4.76. The highest BCUT2D eigenvalue weighted by molar-refractivity contribution is 6.32. The first-order valence-electron chi connectivity index (χ1n) is 8.85. The van der Waals surface area contributed by atoms with Gasteiger partial charge in [-0.1, -0.05) is 30.3 Å². The average molecular weight is 426 g/mol. The fourth-order valence-electron chi connectivity index (χ4n) is 2.63. The van der Waals surface area contributed by atoms with Gasteiger partial charge in [0.25, 0.3) is 0 Å². The smallest absolute Gasteiger partial charge is 0.247 e. The molecule has 9 heteroatoms. The van der Waals surface area contributed by atoms with E-state index in [0.717, 1.165) is 0 Å². The minimum atomic E-state index is -0.300. The number of hydrogen-bond donors (Lipinski definition) is 3. The number of halogens is 1. The van der Waals surface area contributed by atoms with Crippen molar-refractivity contribution in [1.82, 2.24) is 9.97 Å². The fraction of sp³-hybridized carbons (Fsp3) is 0.0952. The second-order valence-electron chi connectivity index (χ2n) is 5.96. The van der Waals surface area contributed by atoms with E-state index in [-0.39, 0.29) is 5.91 Å². The fourth-order valence-corrected chi connectivity index (χ4v) is 2.76. The summed E-state index contributed by atoms with van der Waals surface area (Å²) in [7, 11) is 3.12. The van der Waals surface area contributed by atoms with Gasteiger partial charge in [-0.25, -0.2) is 4.98 Å². The first kappa shape index (κ1) is 20.9. The van der Waals surface area contributed by atoms with E-state index in [9.17, 15) is 4.79 Å². The van der Waals surface area contributed by atoms with Gasteiger partial charge in [0.05, 0.1) is 26.1 Å². The Morgan fingerprint density at radius 2 is 1.87 bits per heavy atom. The third-order valence-corrected chi connectivity index (χ3v) is 4.25. The molecule has 0 radical (unpaired) electrons. The number of hydrogen-bond acceptors (Lipinski definition) is 7. The minimum Gasteiger partial charge on any atom is -0.493 e. The van der Waals surface area contributed by atoms with E-state index in [4.69, 9.17) is 21.1 Å². The van der Waals surface area contributed by atoms with Crippen molar-refractivity contribution in [2.45, 2.75) is 0 Å². The predicted molar refractivity (Wildman–Crippen MR) is 118 cm³/mol. The van der Waals surface area contributed by atoms with Crippen LogP contribution in [-0.2, 0) is 4.79 Å². The maximum atomic E-state index is 11.5. The Morgan fingerprint density at radius 1 is 1.10 bits per heavy atom. The molecule has 30 heavy (non-hydrogen) atoms. The number of benzene rings is 2. The lowest BCUT2D eigenvalue weighted by atomic mass is 10.2. The van der Waals surface area contributed by atoms with Crippen molar-refractivity contribution in [3.63, 3.8) is 0 Å². The molecule has 0 aliphatic carbocycles. The topological polar surface area (TPSA) is 97.4 Å². The van der Waals surface area contributed by atoms with Crippen LogP contribution in [0.4, 0.5) is 28.8 Å². The molecular weight excluding hydrogens is 406 g/mol. The van der Waals surface area contributed by atoms with Crippen LogP contribution in [0.5, 0.6) is 11.5 Å². The highest BCUT2D eigenvalue weighted by Crippen LogP contribution is 2.36. The molecule has 154 valence electrons. The summed E-state index contributed by atoms with van der Waals surface area (Å²) in [4.78, 5) is 20.2. The maximum Gasteiger partial charge on any atom is 0.247 e. The SMILES string of the molecule is C=CC(=O)Nc1cccc(Nc2nc(Nc3cccc(OC)c3OC)ncc2Cl)c1. The molecule has 2 aromatic carbocycles. The van der Waals surface area contributed by atoms with Crippen molar-refractivity contribution in [3.8, 4) is 11.5 Å². The van der Waals surface area contributed by atoms with Crippen LogP contribution in [0.15, 0.2) is 61.3 Å². The van der Waals surface area contributed by atoms with Crippen LogP contribution in [0.2, 0.25) is 5.02 Å². The Morgan fingerprint density at radius 3 is 2.60 bits per heavy atom. The summed E-state index contributed by atoms with van der Waals surface area (Å²) in [6.45, 7) is 3.44. The number of aromatic nitrogens is 2. The maximum absolute atomic E-state index is 11.5. The number of carbonyl (C=O) groups excluding carboxylic acids is 1. The number of nitrogens with one attached hydrogen (secondary N) is 3. The van der Waals surface area contributed by atoms with Crippen molar-refractivity contribution < 1.29 is 14.3 Å². The molecule has 1 heterocycles. The number of nitrogens with zero attached hydrogens (tertiary/aromatic N) is 2. The molecule has 0 unspecified atom stereocenters. The molecule has 0 fully saturated rings. The summed E-state index contributed by atoms with van der Waals surface area (Å²) < 4.78 is 10.7. The molecule has 3 rings (SSSR count). The molecule has 0 saturated carbocycles. The van der Waals surface area contributed by atoms with Crippen LogP contribution in [0, 0.1) is 0 Å². The Bertz CT molecular complexity index is 1070. The summed E-state index contributed by atoms with van der Waals surface area (Å²) >= 11 is 6.26. The number of rotatable bonds is 8. The van der Waals surface area contributed by atoms with Crippen LogP contribution < -0.4 is 25.4 Å². The van der Waals surface area contributed by atoms with E-state index in [1.165, 1.54) is 12.3 Å². The lowest BCUT2D eigenvalue weighted by Gasteiger charge is -2.14. The van der Waals surface area contributed by atoms with Gasteiger partial charge in [0, 0.05) is 11.4 Å². The van der Waals surface area contributed by atoms with Crippen LogP contribution >= 0.6 is 11.6 Å². The summed E-state index contributed by atoms with van der Waals surface area (Å²) in [5.74, 6) is 1.51. The van der Waals surface area contributed by atoms with Crippen molar-refractivity contribution in [2.75, 3.05) is 30.2 Å². The normalized spacial score (nSPS) is 10.1. The third kappa shape index (κ3) is 4.98. The first-order valence-corrected chi connectivity index (χ1v) is 9.23. The average Bonchev–Trinajstić information content (AvgIpc) is 2.76. The van der Waals surface area contributed by atoms with E-state index < -0.39 is 0 Å². The van der Waals surface area contributed by atoms with Gasteiger partial charge in [0.2, 0.25) is 11.9 Å². The van der Waals surface area contributed by atoms with Crippen LogP contribution in [-0.4, -0.2) is 30.1 Å². The van der Waals surface area contributed by atoms with E-state index in [2.05, 4.69) is 32.5 Å². The molecule has 8 nitrogen and oxygen atoms in total. The second-order valence-corrected chi connectivity index (χ2v) is 6.36. The molecule has 0 aliphatic rings. The van der Waals surface area contributed by atoms with Crippen molar-refractivity contribution in [1.29, 1.82) is 0 Å². The first-order chi connectivity index (χ1) is 14.5. The summed E-state index contributed by atoms with van der Waals surface area (Å²) in [5, 5.41) is 9.26. The monoisotopic (exact) mass is 425 g/mol. The number of carbonyl (C=O) groups is 1. The van der Waals surface area contributed by atoms with Crippen molar-refractivity contribution in [3.05, 3.63) is 66.3 Å². The number of ether oxygens (including phenoxy) is 2. The lowest BCUT2D eigenvalue weighted by Crippen LogP contribution is -2.07. The van der Waals surface area contributed by atoms with Gasteiger partial charge in [-0.15, -0.1) is 0 Å². The molecule has 0 saturated heterocycles. The molecule has 0 bridgehead atoms. The van der Waals surface area contributed by atoms with Crippen molar-refractivity contribution >= 4 is 46.3 Å². The zero-order valence-electron chi connectivity index (χ0n) is 16.4. The number of amides is 1. The van der Waals surface area contributed by atoms with Crippen LogP contribution in [0.1, 0.15) is 0 Å². The zero-order valence-corrected chi connectivity index (χ0v) is 17.2. The lowest BCUT2D eigenvalue weighted by molar-refractivity contribution is -0.111. The Balaban J connectivity index is 1.84. The quantitative estimate of drug-likeness (QED) is 0.447. The standard InChI is InChI=1S/C21H20ClN5O3/c1-4-18(28)24-13-7-5-8-14(11-13)25-20-15(22)12-23-21(27-20)26-16-9-6-10-17(29-2)19(16)30-3/h4-12H,1H2,2-3H3,(H,24,28)(H2,23,25,26,27). The van der Waals surface area contributed by atoms with Gasteiger partial charge in [0.15, 0.2) is 17.3 Å². The van der Waals surface area contributed by atoms with Crippen LogP contribution in [0.3, 0.4) is 0 Å². The van der Waals surface area contributed by atoms with Gasteiger partial charge in [-0.05, 0) is 36.4 Å². The zero-order chi connectivity index (χ0) is 21.5. The van der Waals surface area contributed by atoms with E-state index in [1.807, 2.05) is 18.2 Å². The molecular formula is C21H20ClN5O3. The van der Waals surface area contributed by atoms with Gasteiger partial charge in [-0.2, -0.15) is 4.98 Å². The third-order valence-electron chi connectivity index (χ3n) is 3.97.